The third kappa shape index (κ3) is 6.63. The fraction of sp³-hybridized carbons (Fsp3) is 0.308. The Morgan fingerprint density at radius 2 is 1.95 bits per heavy atom. The molecule has 7 heteroatoms. The Morgan fingerprint density at radius 3 is 2.40 bits per heavy atom. The Balaban J connectivity index is 2.67. The summed E-state index contributed by atoms with van der Waals surface area (Å²) in [5, 5.41) is 8.76. The van der Waals surface area contributed by atoms with Gasteiger partial charge in [0, 0.05) is 18.0 Å². The molecule has 0 atom stereocenters. The summed E-state index contributed by atoms with van der Waals surface area (Å²) < 4.78 is 36.5. The maximum atomic E-state index is 12.2. The van der Waals surface area contributed by atoms with Crippen LogP contribution in [0.1, 0.15) is 5.56 Å². The Kier molecular flexibility index (Phi) is 6.09. The van der Waals surface area contributed by atoms with Gasteiger partial charge in [-0.05, 0) is 29.5 Å². The molecule has 1 rings (SSSR count). The number of halogens is 3. The van der Waals surface area contributed by atoms with E-state index in [0.717, 1.165) is 5.56 Å². The summed E-state index contributed by atoms with van der Waals surface area (Å²) in [6.07, 6.45) is 1.58. The first-order valence-electron chi connectivity index (χ1n) is 5.70. The quantitative estimate of drug-likeness (QED) is 0.619. The van der Waals surface area contributed by atoms with Gasteiger partial charge in [0.25, 0.3) is 0 Å². The van der Waals surface area contributed by atoms with Crippen LogP contribution < -0.4 is 0 Å². The van der Waals surface area contributed by atoms with Crippen LogP contribution in [0.2, 0.25) is 0 Å². The van der Waals surface area contributed by atoms with Gasteiger partial charge in [-0.1, -0.05) is 18.2 Å². The third-order valence-electron chi connectivity index (χ3n) is 2.31. The molecule has 0 radical (unpaired) electrons. The van der Waals surface area contributed by atoms with E-state index in [9.17, 15) is 18.0 Å². The second-order valence-corrected chi connectivity index (χ2v) is 5.18. The molecule has 3 nitrogen and oxygen atoms in total. The second-order valence-electron chi connectivity index (χ2n) is 4.04. The van der Waals surface area contributed by atoms with Crippen molar-refractivity contribution in [1.82, 2.24) is 4.90 Å². The highest BCUT2D eigenvalue weighted by Crippen LogP contribution is 2.36. The highest BCUT2D eigenvalue weighted by Gasteiger charge is 2.29. The molecule has 0 aliphatic heterocycles. The lowest BCUT2D eigenvalue weighted by atomic mass is 10.2. The molecule has 0 saturated carbocycles. The summed E-state index contributed by atoms with van der Waals surface area (Å²) in [6, 6.07) is 5.87. The van der Waals surface area contributed by atoms with E-state index in [2.05, 4.69) is 6.58 Å². The van der Waals surface area contributed by atoms with Crippen LogP contribution in [0.4, 0.5) is 13.2 Å². The number of carbonyl (C=O) groups is 1. The molecule has 20 heavy (non-hydrogen) atoms. The van der Waals surface area contributed by atoms with Gasteiger partial charge in [-0.15, -0.1) is 6.58 Å². The predicted octanol–water partition coefficient (Wildman–Crippen LogP) is 3.37. The molecule has 0 amide bonds. The van der Waals surface area contributed by atoms with Gasteiger partial charge in [-0.25, -0.2) is 0 Å². The molecule has 0 fully saturated rings. The van der Waals surface area contributed by atoms with Crippen molar-refractivity contribution in [3.8, 4) is 0 Å². The monoisotopic (exact) mass is 305 g/mol. The molecule has 1 aromatic rings. The molecule has 0 spiro atoms. The molecule has 110 valence electrons. The molecule has 0 unspecified atom stereocenters. The van der Waals surface area contributed by atoms with E-state index in [1.54, 1.807) is 23.1 Å². The number of nitrogens with zero attached hydrogens (tertiary/aromatic N) is 1. The summed E-state index contributed by atoms with van der Waals surface area (Å²) in [5.74, 6) is -0.962. The van der Waals surface area contributed by atoms with Gasteiger partial charge in [0.2, 0.25) is 0 Å². The standard InChI is InChI=1S/C13H14F3NO2S/c1-2-7-17(9-12(18)19)8-10-3-5-11(6-4-10)20-13(14,15)16/h2-6H,1,7-9H2,(H,18,19). The largest absolute Gasteiger partial charge is 0.480 e. The van der Waals surface area contributed by atoms with Crippen molar-refractivity contribution in [2.45, 2.75) is 16.9 Å². The van der Waals surface area contributed by atoms with Crippen molar-refractivity contribution in [2.75, 3.05) is 13.1 Å². The SMILES string of the molecule is C=CCN(CC(=O)O)Cc1ccc(SC(F)(F)F)cc1. The van der Waals surface area contributed by atoms with Crippen LogP contribution in [0, 0.1) is 0 Å². The first-order chi connectivity index (χ1) is 9.30. The van der Waals surface area contributed by atoms with Crippen LogP contribution >= 0.6 is 11.8 Å². The molecule has 0 aromatic heterocycles. The van der Waals surface area contributed by atoms with Gasteiger partial charge in [0.05, 0.1) is 6.54 Å². The van der Waals surface area contributed by atoms with Gasteiger partial charge >= 0.3 is 11.5 Å². The fourth-order valence-electron chi connectivity index (χ4n) is 1.61. The van der Waals surface area contributed by atoms with Crippen molar-refractivity contribution >= 4 is 17.7 Å². The number of carboxylic acids is 1. The fourth-order valence-corrected chi connectivity index (χ4v) is 2.15. The summed E-state index contributed by atoms with van der Waals surface area (Å²) >= 11 is -0.175. The highest BCUT2D eigenvalue weighted by atomic mass is 32.2. The number of rotatable bonds is 7. The maximum absolute atomic E-state index is 12.2. The minimum atomic E-state index is -4.31. The van der Waals surface area contributed by atoms with E-state index < -0.39 is 11.5 Å². The van der Waals surface area contributed by atoms with Crippen LogP contribution in [0.25, 0.3) is 0 Å². The highest BCUT2D eigenvalue weighted by molar-refractivity contribution is 8.00. The Bertz CT molecular complexity index is 460. The predicted molar refractivity (Wildman–Crippen MR) is 71.5 cm³/mol. The number of hydrogen-bond acceptors (Lipinski definition) is 3. The minimum Gasteiger partial charge on any atom is -0.480 e. The van der Waals surface area contributed by atoms with Crippen LogP contribution in [-0.2, 0) is 11.3 Å². The average molecular weight is 305 g/mol. The van der Waals surface area contributed by atoms with E-state index in [0.29, 0.717) is 13.1 Å². The molecule has 0 bridgehead atoms. The van der Waals surface area contributed by atoms with Crippen molar-refractivity contribution in [1.29, 1.82) is 0 Å². The number of alkyl halides is 3. The van der Waals surface area contributed by atoms with E-state index in [1.165, 1.54) is 12.1 Å². The molecular weight excluding hydrogens is 291 g/mol. The molecule has 1 N–H and O–H groups in total. The number of thioether (sulfide) groups is 1. The topological polar surface area (TPSA) is 40.5 Å². The maximum Gasteiger partial charge on any atom is 0.446 e. The number of aliphatic carboxylic acids is 1. The van der Waals surface area contributed by atoms with E-state index in [4.69, 9.17) is 5.11 Å². The van der Waals surface area contributed by atoms with Gasteiger partial charge in [-0.2, -0.15) is 13.2 Å². The second kappa shape index (κ2) is 7.35. The third-order valence-corrected chi connectivity index (χ3v) is 3.05. The molecular formula is C13H14F3NO2S. The molecule has 0 saturated heterocycles. The van der Waals surface area contributed by atoms with Gasteiger partial charge in [0.1, 0.15) is 0 Å². The lowest BCUT2D eigenvalue weighted by Gasteiger charge is -2.18. The van der Waals surface area contributed by atoms with Crippen LogP contribution in [0.15, 0.2) is 41.8 Å². The smallest absolute Gasteiger partial charge is 0.446 e. The van der Waals surface area contributed by atoms with E-state index in [-0.39, 0.29) is 23.2 Å². The molecule has 0 aliphatic carbocycles. The molecule has 0 aliphatic rings. The Labute approximate surface area is 119 Å². The van der Waals surface area contributed by atoms with E-state index >= 15 is 0 Å². The lowest BCUT2D eigenvalue weighted by molar-refractivity contribution is -0.138. The number of hydrogen-bond donors (Lipinski definition) is 1. The first-order valence-corrected chi connectivity index (χ1v) is 6.51. The normalized spacial score (nSPS) is 11.6. The Hall–Kier alpha value is -1.47. The average Bonchev–Trinajstić information content (AvgIpc) is 2.29. The molecule has 1 aromatic carbocycles. The van der Waals surface area contributed by atoms with Crippen molar-refractivity contribution in [3.05, 3.63) is 42.5 Å². The van der Waals surface area contributed by atoms with Crippen LogP contribution in [0.5, 0.6) is 0 Å². The summed E-state index contributed by atoms with van der Waals surface area (Å²) in [5.41, 5.74) is -3.56. The zero-order chi connectivity index (χ0) is 15.2. The van der Waals surface area contributed by atoms with Gasteiger partial charge in [-0.3, -0.25) is 9.69 Å². The summed E-state index contributed by atoms with van der Waals surface area (Å²) in [4.78, 5) is 12.4. The van der Waals surface area contributed by atoms with Crippen LogP contribution in [-0.4, -0.2) is 34.6 Å². The Morgan fingerprint density at radius 1 is 1.35 bits per heavy atom. The number of benzene rings is 1. The zero-order valence-corrected chi connectivity index (χ0v) is 11.4. The van der Waals surface area contributed by atoms with E-state index in [1.807, 2.05) is 0 Å². The van der Waals surface area contributed by atoms with Gasteiger partial charge in [0.15, 0.2) is 0 Å². The summed E-state index contributed by atoms with van der Waals surface area (Å²) in [7, 11) is 0. The van der Waals surface area contributed by atoms with Crippen molar-refractivity contribution < 1.29 is 23.1 Å². The van der Waals surface area contributed by atoms with Crippen LogP contribution in [0.3, 0.4) is 0 Å². The first kappa shape index (κ1) is 16.6. The van der Waals surface area contributed by atoms with Gasteiger partial charge < -0.3 is 5.11 Å². The summed E-state index contributed by atoms with van der Waals surface area (Å²) in [6.45, 7) is 4.13. The van der Waals surface area contributed by atoms with Crippen molar-refractivity contribution in [2.24, 2.45) is 0 Å². The molecule has 0 heterocycles. The minimum absolute atomic E-state index is 0.106. The number of carboxylic acid groups (broad SMARTS) is 1. The lowest BCUT2D eigenvalue weighted by Crippen LogP contribution is -2.29. The zero-order valence-electron chi connectivity index (χ0n) is 10.6. The van der Waals surface area contributed by atoms with Crippen molar-refractivity contribution in [3.63, 3.8) is 0 Å².